The molecule has 184 valence electrons. The van der Waals surface area contributed by atoms with Crippen LogP contribution in [-0.2, 0) is 22.7 Å². The van der Waals surface area contributed by atoms with E-state index in [0.717, 1.165) is 34.5 Å². The molecule has 1 heterocycles. The number of carbonyl (C=O) groups excluding carboxylic acids is 1. The largest absolute Gasteiger partial charge is 0.480 e. The molecule has 0 spiro atoms. The lowest BCUT2D eigenvalue weighted by Crippen LogP contribution is -2.40. The zero-order chi connectivity index (χ0) is 24.8. The van der Waals surface area contributed by atoms with Crippen LogP contribution in [0.4, 0.5) is 0 Å². The van der Waals surface area contributed by atoms with Crippen molar-refractivity contribution in [2.24, 2.45) is 11.8 Å². The van der Waals surface area contributed by atoms with E-state index in [1.807, 2.05) is 39.8 Å². The summed E-state index contributed by atoms with van der Waals surface area (Å²) in [5, 5.41) is 12.6. The highest BCUT2D eigenvalue weighted by molar-refractivity contribution is 5.96. The number of aliphatic carboxylic acids is 1. The SMILES string of the molecule is C/C=C(\C=C(\C)C(C)=O)c1nc2cc(CNC(C(=O)O)C(C)C)ccc2n1CC1CCCCC1. The predicted octanol–water partition coefficient (Wildman–Crippen LogP) is 5.75. The van der Waals surface area contributed by atoms with Gasteiger partial charge in [-0.25, -0.2) is 4.98 Å². The molecular weight excluding hydrogens is 426 g/mol. The summed E-state index contributed by atoms with van der Waals surface area (Å²) in [6.45, 7) is 10.6. The standard InChI is InChI=1S/C28H39N3O3/c1-6-23(14-19(4)20(5)32)27-30-24-15-22(16-29-26(18(2)3)28(33)34)12-13-25(24)31(27)17-21-10-8-7-9-11-21/h6,12-15,18,21,26,29H,7-11,16-17H2,1-5H3,(H,33,34)/b19-14-,23-6+. The number of nitrogens with zero attached hydrogens (tertiary/aromatic N) is 2. The molecule has 0 saturated heterocycles. The summed E-state index contributed by atoms with van der Waals surface area (Å²) in [6.07, 6.45) is 10.3. The van der Waals surface area contributed by atoms with Gasteiger partial charge in [0.15, 0.2) is 5.78 Å². The van der Waals surface area contributed by atoms with Crippen LogP contribution >= 0.6 is 0 Å². The molecule has 1 atom stereocenters. The first-order valence-electron chi connectivity index (χ1n) is 12.5. The van der Waals surface area contributed by atoms with Crippen LogP contribution < -0.4 is 5.32 Å². The Balaban J connectivity index is 1.99. The summed E-state index contributed by atoms with van der Waals surface area (Å²) in [4.78, 5) is 28.5. The number of hydrogen-bond donors (Lipinski definition) is 2. The lowest BCUT2D eigenvalue weighted by molar-refractivity contribution is -0.140. The lowest BCUT2D eigenvalue weighted by atomic mass is 9.89. The number of carboxylic acids is 1. The minimum Gasteiger partial charge on any atom is -0.480 e. The molecule has 1 aromatic heterocycles. The smallest absolute Gasteiger partial charge is 0.320 e. The predicted molar refractivity (Wildman–Crippen MR) is 137 cm³/mol. The monoisotopic (exact) mass is 465 g/mol. The van der Waals surface area contributed by atoms with E-state index in [4.69, 9.17) is 4.98 Å². The molecular formula is C28H39N3O3. The fourth-order valence-corrected chi connectivity index (χ4v) is 4.77. The van der Waals surface area contributed by atoms with Gasteiger partial charge in [0.1, 0.15) is 11.9 Å². The van der Waals surface area contributed by atoms with Crippen molar-refractivity contribution in [3.05, 3.63) is 47.3 Å². The van der Waals surface area contributed by atoms with Gasteiger partial charge in [-0.15, -0.1) is 0 Å². The number of nitrogens with one attached hydrogen (secondary N) is 1. The maximum atomic E-state index is 11.9. The summed E-state index contributed by atoms with van der Waals surface area (Å²) in [5.74, 6) is 0.737. The van der Waals surface area contributed by atoms with Crippen molar-refractivity contribution in [3.63, 3.8) is 0 Å². The second kappa shape index (κ2) is 11.6. The number of carbonyl (C=O) groups is 2. The number of allylic oxidation sites excluding steroid dienone is 4. The Hall–Kier alpha value is -2.73. The van der Waals surface area contributed by atoms with E-state index in [1.54, 1.807) is 6.92 Å². The number of ketones is 1. The average Bonchev–Trinajstić information content (AvgIpc) is 3.14. The third kappa shape index (κ3) is 6.23. The van der Waals surface area contributed by atoms with Crippen molar-refractivity contribution in [1.29, 1.82) is 0 Å². The van der Waals surface area contributed by atoms with Gasteiger partial charge in [0, 0.05) is 18.7 Å². The highest BCUT2D eigenvalue weighted by atomic mass is 16.4. The van der Waals surface area contributed by atoms with E-state index in [0.29, 0.717) is 18.0 Å². The number of Topliss-reactive ketones (excluding diaryl/α,β-unsaturated/α-hetero) is 1. The number of rotatable bonds is 10. The van der Waals surface area contributed by atoms with Gasteiger partial charge >= 0.3 is 5.97 Å². The minimum atomic E-state index is -0.833. The maximum absolute atomic E-state index is 11.9. The fraction of sp³-hybridized carbons (Fsp3) is 0.536. The second-order valence-electron chi connectivity index (χ2n) is 9.94. The van der Waals surface area contributed by atoms with Gasteiger partial charge in [0.25, 0.3) is 0 Å². The normalized spacial score (nSPS) is 16.9. The molecule has 1 fully saturated rings. The van der Waals surface area contributed by atoms with Crippen molar-refractivity contribution in [2.45, 2.75) is 85.9 Å². The van der Waals surface area contributed by atoms with Gasteiger partial charge in [-0.2, -0.15) is 0 Å². The first kappa shape index (κ1) is 25.9. The van der Waals surface area contributed by atoms with Crippen molar-refractivity contribution in [2.75, 3.05) is 0 Å². The lowest BCUT2D eigenvalue weighted by Gasteiger charge is -2.23. The van der Waals surface area contributed by atoms with Crippen molar-refractivity contribution in [3.8, 4) is 0 Å². The molecule has 1 aliphatic carbocycles. The molecule has 3 rings (SSSR count). The van der Waals surface area contributed by atoms with E-state index < -0.39 is 12.0 Å². The Bertz CT molecular complexity index is 1090. The van der Waals surface area contributed by atoms with Gasteiger partial charge in [-0.3, -0.25) is 9.59 Å². The zero-order valence-corrected chi connectivity index (χ0v) is 21.2. The molecule has 0 radical (unpaired) electrons. The highest BCUT2D eigenvalue weighted by Crippen LogP contribution is 2.30. The summed E-state index contributed by atoms with van der Waals surface area (Å²) in [5.41, 5.74) is 4.64. The Morgan fingerprint density at radius 1 is 1.21 bits per heavy atom. The van der Waals surface area contributed by atoms with Gasteiger partial charge in [0.05, 0.1) is 11.0 Å². The maximum Gasteiger partial charge on any atom is 0.320 e. The fourth-order valence-electron chi connectivity index (χ4n) is 4.77. The summed E-state index contributed by atoms with van der Waals surface area (Å²) < 4.78 is 2.32. The average molecular weight is 466 g/mol. The van der Waals surface area contributed by atoms with Crippen LogP contribution in [0.5, 0.6) is 0 Å². The third-order valence-electron chi connectivity index (χ3n) is 6.93. The summed E-state index contributed by atoms with van der Waals surface area (Å²) in [6, 6.07) is 5.62. The van der Waals surface area contributed by atoms with Gasteiger partial charge in [-0.05, 0) is 74.8 Å². The quantitative estimate of drug-likeness (QED) is 0.344. The molecule has 6 nitrogen and oxygen atoms in total. The van der Waals surface area contributed by atoms with Crippen molar-refractivity contribution >= 4 is 28.4 Å². The Labute approximate surface area is 203 Å². The molecule has 2 N–H and O–H groups in total. The van der Waals surface area contributed by atoms with E-state index in [-0.39, 0.29) is 11.7 Å². The third-order valence-corrected chi connectivity index (χ3v) is 6.93. The molecule has 6 heteroatoms. The van der Waals surface area contributed by atoms with Crippen molar-refractivity contribution < 1.29 is 14.7 Å². The van der Waals surface area contributed by atoms with Crippen molar-refractivity contribution in [1.82, 2.24) is 14.9 Å². The highest BCUT2D eigenvalue weighted by Gasteiger charge is 2.22. The van der Waals surface area contributed by atoms with Crippen LogP contribution in [0.15, 0.2) is 35.9 Å². The number of benzene rings is 1. The molecule has 0 aliphatic heterocycles. The van der Waals surface area contributed by atoms with E-state index in [9.17, 15) is 14.7 Å². The molecule has 0 bridgehead atoms. The zero-order valence-electron chi connectivity index (χ0n) is 21.2. The first-order chi connectivity index (χ1) is 16.2. The molecule has 1 saturated carbocycles. The van der Waals surface area contributed by atoms with Gasteiger partial charge in [0.2, 0.25) is 0 Å². The van der Waals surface area contributed by atoms with Crippen LogP contribution in [0.2, 0.25) is 0 Å². The van der Waals surface area contributed by atoms with Gasteiger partial charge in [-0.1, -0.05) is 45.3 Å². The van der Waals surface area contributed by atoms with E-state index in [1.165, 1.54) is 32.1 Å². The molecule has 1 aliphatic rings. The number of hydrogen-bond acceptors (Lipinski definition) is 4. The van der Waals surface area contributed by atoms with E-state index in [2.05, 4.69) is 28.1 Å². The number of fused-ring (bicyclic) bond motifs is 1. The Morgan fingerprint density at radius 3 is 2.50 bits per heavy atom. The molecule has 1 unspecified atom stereocenters. The Morgan fingerprint density at radius 2 is 1.91 bits per heavy atom. The van der Waals surface area contributed by atoms with Crippen LogP contribution in [-0.4, -0.2) is 32.5 Å². The molecule has 1 aromatic carbocycles. The number of aromatic nitrogens is 2. The second-order valence-corrected chi connectivity index (χ2v) is 9.94. The van der Waals surface area contributed by atoms with Crippen LogP contribution in [0.25, 0.3) is 16.6 Å². The van der Waals surface area contributed by atoms with Crippen LogP contribution in [0.3, 0.4) is 0 Å². The summed E-state index contributed by atoms with van der Waals surface area (Å²) >= 11 is 0. The number of imidazole rings is 1. The molecule has 0 amide bonds. The first-order valence-corrected chi connectivity index (χ1v) is 12.5. The van der Waals surface area contributed by atoms with Crippen LogP contribution in [0.1, 0.15) is 78.1 Å². The van der Waals surface area contributed by atoms with Crippen LogP contribution in [0, 0.1) is 11.8 Å². The topological polar surface area (TPSA) is 84.2 Å². The molecule has 2 aromatic rings. The summed E-state index contributed by atoms with van der Waals surface area (Å²) in [7, 11) is 0. The van der Waals surface area contributed by atoms with E-state index >= 15 is 0 Å². The Kier molecular flexibility index (Phi) is 8.84. The van der Waals surface area contributed by atoms with Gasteiger partial charge < -0.3 is 15.0 Å². The molecule has 34 heavy (non-hydrogen) atoms. The number of carboxylic acid groups (broad SMARTS) is 1. The minimum absolute atomic E-state index is 0.00362.